The minimum Gasteiger partial charge on any atom is -0.497 e. The zero-order chi connectivity index (χ0) is 16.7. The van der Waals surface area contributed by atoms with Crippen molar-refractivity contribution in [1.29, 1.82) is 0 Å². The molecule has 2 aromatic rings. The van der Waals surface area contributed by atoms with Crippen LogP contribution >= 0.6 is 0 Å². The number of nitrogens with one attached hydrogen (secondary N) is 1. The van der Waals surface area contributed by atoms with E-state index >= 15 is 0 Å². The molecule has 122 valence electrons. The second-order valence-electron chi connectivity index (χ2n) is 5.40. The summed E-state index contributed by atoms with van der Waals surface area (Å²) in [5, 5.41) is 2.96. The Hall–Kier alpha value is -2.49. The highest BCUT2D eigenvalue weighted by molar-refractivity contribution is 5.94. The molecule has 4 heteroatoms. The number of hydrogen-bond donors (Lipinski definition) is 1. The van der Waals surface area contributed by atoms with Gasteiger partial charge in [0, 0.05) is 30.9 Å². The Kier molecular flexibility index (Phi) is 6.03. The van der Waals surface area contributed by atoms with E-state index in [1.807, 2.05) is 0 Å². The van der Waals surface area contributed by atoms with E-state index in [1.165, 1.54) is 11.3 Å². The van der Waals surface area contributed by atoms with Crippen LogP contribution < -0.4 is 15.0 Å². The van der Waals surface area contributed by atoms with Gasteiger partial charge < -0.3 is 15.0 Å². The molecule has 0 atom stereocenters. The molecular weight excluding hydrogens is 288 g/mol. The highest BCUT2D eigenvalue weighted by atomic mass is 16.5. The molecule has 0 heterocycles. The largest absolute Gasteiger partial charge is 0.497 e. The summed E-state index contributed by atoms with van der Waals surface area (Å²) in [6.45, 7) is 6.49. The minimum atomic E-state index is -0.0621. The molecule has 1 amide bonds. The van der Waals surface area contributed by atoms with E-state index in [4.69, 9.17) is 4.74 Å². The van der Waals surface area contributed by atoms with Crippen molar-refractivity contribution in [3.63, 3.8) is 0 Å². The Morgan fingerprint density at radius 1 is 1.17 bits per heavy atom. The van der Waals surface area contributed by atoms with Crippen molar-refractivity contribution >= 4 is 11.6 Å². The number of carbonyl (C=O) groups is 1. The van der Waals surface area contributed by atoms with Gasteiger partial charge in [-0.1, -0.05) is 12.1 Å². The molecule has 1 N–H and O–H groups in total. The fourth-order valence-electron chi connectivity index (χ4n) is 2.44. The summed E-state index contributed by atoms with van der Waals surface area (Å²) in [5.74, 6) is 0.686. The third-order valence-electron chi connectivity index (χ3n) is 3.77. The molecule has 0 fully saturated rings. The van der Waals surface area contributed by atoms with Gasteiger partial charge in [-0.05, 0) is 55.8 Å². The van der Waals surface area contributed by atoms with Crippen LogP contribution in [0.5, 0.6) is 5.75 Å². The zero-order valence-electron chi connectivity index (χ0n) is 14.0. The Bertz CT molecular complexity index is 638. The van der Waals surface area contributed by atoms with E-state index < -0.39 is 0 Å². The van der Waals surface area contributed by atoms with Gasteiger partial charge in [-0.2, -0.15) is 0 Å². The highest BCUT2D eigenvalue weighted by Gasteiger charge is 2.07. The maximum Gasteiger partial charge on any atom is 0.251 e. The quantitative estimate of drug-likeness (QED) is 0.853. The van der Waals surface area contributed by atoms with Gasteiger partial charge in [-0.25, -0.2) is 0 Å². The topological polar surface area (TPSA) is 41.6 Å². The Balaban J connectivity index is 1.88. The van der Waals surface area contributed by atoms with Crippen LogP contribution in [0.4, 0.5) is 5.69 Å². The van der Waals surface area contributed by atoms with Crippen LogP contribution in [0.25, 0.3) is 0 Å². The second-order valence-corrected chi connectivity index (χ2v) is 5.40. The predicted molar refractivity (Wildman–Crippen MR) is 94.4 cm³/mol. The van der Waals surface area contributed by atoms with Crippen LogP contribution in [-0.2, 0) is 0 Å². The lowest BCUT2D eigenvalue weighted by atomic mass is 10.2. The van der Waals surface area contributed by atoms with E-state index in [0.29, 0.717) is 12.1 Å². The van der Waals surface area contributed by atoms with Gasteiger partial charge in [0.05, 0.1) is 7.11 Å². The van der Waals surface area contributed by atoms with Crippen molar-refractivity contribution < 1.29 is 9.53 Å². The lowest BCUT2D eigenvalue weighted by molar-refractivity contribution is 0.0954. The number of amides is 1. The summed E-state index contributed by atoms with van der Waals surface area (Å²) < 4.78 is 5.10. The average Bonchev–Trinajstić information content (AvgIpc) is 2.58. The normalized spacial score (nSPS) is 10.2. The van der Waals surface area contributed by atoms with E-state index in [-0.39, 0.29) is 5.91 Å². The fourth-order valence-corrected chi connectivity index (χ4v) is 2.44. The first-order valence-electron chi connectivity index (χ1n) is 7.88. The molecule has 0 unspecified atom stereocenters. The first-order valence-corrected chi connectivity index (χ1v) is 7.88. The molecule has 2 aromatic carbocycles. The minimum absolute atomic E-state index is 0.0621. The van der Waals surface area contributed by atoms with Crippen molar-refractivity contribution in [2.45, 2.75) is 13.8 Å². The number of carbonyl (C=O) groups excluding carboxylic acids is 1. The Labute approximate surface area is 138 Å². The van der Waals surface area contributed by atoms with Crippen LogP contribution in [0.2, 0.25) is 0 Å². The van der Waals surface area contributed by atoms with Crippen LogP contribution in [0.3, 0.4) is 0 Å². The van der Waals surface area contributed by atoms with E-state index in [1.54, 1.807) is 31.4 Å². The molecule has 23 heavy (non-hydrogen) atoms. The van der Waals surface area contributed by atoms with Crippen molar-refractivity contribution in [3.05, 3.63) is 59.7 Å². The van der Waals surface area contributed by atoms with Gasteiger partial charge in [0.25, 0.3) is 5.91 Å². The van der Waals surface area contributed by atoms with Crippen LogP contribution in [0.1, 0.15) is 22.8 Å². The summed E-state index contributed by atoms with van der Waals surface area (Å²) in [5.41, 5.74) is 3.07. The summed E-state index contributed by atoms with van der Waals surface area (Å²) >= 11 is 0. The zero-order valence-corrected chi connectivity index (χ0v) is 14.0. The smallest absolute Gasteiger partial charge is 0.251 e. The van der Waals surface area contributed by atoms with Crippen LogP contribution in [0.15, 0.2) is 48.5 Å². The maximum atomic E-state index is 12.1. The van der Waals surface area contributed by atoms with Gasteiger partial charge in [0.1, 0.15) is 5.75 Å². The van der Waals surface area contributed by atoms with Crippen molar-refractivity contribution in [2.24, 2.45) is 0 Å². The first-order chi connectivity index (χ1) is 11.1. The summed E-state index contributed by atoms with van der Waals surface area (Å²) in [4.78, 5) is 14.4. The molecule has 0 spiro atoms. The van der Waals surface area contributed by atoms with Crippen molar-refractivity contribution in [2.75, 3.05) is 31.6 Å². The summed E-state index contributed by atoms with van der Waals surface area (Å²) in [6.07, 6.45) is 0. The van der Waals surface area contributed by atoms with Gasteiger partial charge in [0.2, 0.25) is 0 Å². The monoisotopic (exact) mass is 312 g/mol. The average molecular weight is 312 g/mol. The molecular formula is C19H24N2O2. The highest BCUT2D eigenvalue weighted by Crippen LogP contribution is 2.15. The lowest BCUT2D eigenvalue weighted by Gasteiger charge is -2.23. The number of rotatable bonds is 7. The Morgan fingerprint density at radius 2 is 1.91 bits per heavy atom. The molecule has 0 aliphatic rings. The van der Waals surface area contributed by atoms with Gasteiger partial charge in [-0.15, -0.1) is 0 Å². The molecule has 2 rings (SSSR count). The number of nitrogens with zero attached hydrogens (tertiary/aromatic N) is 1. The number of likely N-dealkylation sites (N-methyl/N-ethyl adjacent to an activating group) is 1. The van der Waals surface area contributed by atoms with Crippen LogP contribution in [0, 0.1) is 6.92 Å². The number of aryl methyl sites for hydroxylation is 1. The maximum absolute atomic E-state index is 12.1. The van der Waals surface area contributed by atoms with E-state index in [2.05, 4.69) is 48.3 Å². The van der Waals surface area contributed by atoms with Gasteiger partial charge in [0.15, 0.2) is 0 Å². The standard InChI is InChI=1S/C19H24N2O2/c1-4-21(17-7-5-6-15(2)14-17)13-12-20-19(22)16-8-10-18(23-3)11-9-16/h5-11,14H,4,12-13H2,1-3H3,(H,20,22). The number of ether oxygens (including phenoxy) is 1. The first kappa shape index (κ1) is 16.9. The van der Waals surface area contributed by atoms with E-state index in [9.17, 15) is 4.79 Å². The third kappa shape index (κ3) is 4.74. The fraction of sp³-hybridized carbons (Fsp3) is 0.316. The lowest BCUT2D eigenvalue weighted by Crippen LogP contribution is -2.35. The molecule has 0 radical (unpaired) electrons. The second kappa shape index (κ2) is 8.22. The van der Waals surface area contributed by atoms with E-state index in [0.717, 1.165) is 18.8 Å². The molecule has 0 bridgehead atoms. The number of anilines is 1. The SMILES string of the molecule is CCN(CCNC(=O)c1ccc(OC)cc1)c1cccc(C)c1. The number of hydrogen-bond acceptors (Lipinski definition) is 3. The predicted octanol–water partition coefficient (Wildman–Crippen LogP) is 3.26. The van der Waals surface area contributed by atoms with Crippen LogP contribution in [-0.4, -0.2) is 32.7 Å². The molecule has 0 aliphatic heterocycles. The van der Waals surface area contributed by atoms with Gasteiger partial charge >= 0.3 is 0 Å². The Morgan fingerprint density at radius 3 is 2.52 bits per heavy atom. The molecule has 0 saturated heterocycles. The molecule has 0 aromatic heterocycles. The summed E-state index contributed by atoms with van der Waals surface area (Å²) in [6, 6.07) is 15.5. The molecule has 0 saturated carbocycles. The van der Waals surface area contributed by atoms with Crippen molar-refractivity contribution in [3.8, 4) is 5.75 Å². The summed E-state index contributed by atoms with van der Waals surface area (Å²) in [7, 11) is 1.61. The third-order valence-corrected chi connectivity index (χ3v) is 3.77. The number of methoxy groups -OCH3 is 1. The number of benzene rings is 2. The van der Waals surface area contributed by atoms with Crippen molar-refractivity contribution in [1.82, 2.24) is 5.32 Å². The van der Waals surface area contributed by atoms with Gasteiger partial charge in [-0.3, -0.25) is 4.79 Å². The molecule has 4 nitrogen and oxygen atoms in total. The molecule has 0 aliphatic carbocycles.